The van der Waals surface area contributed by atoms with Crippen molar-refractivity contribution in [1.29, 1.82) is 0 Å². The van der Waals surface area contributed by atoms with Crippen molar-refractivity contribution in [1.82, 2.24) is 9.97 Å². The fraction of sp³-hybridized carbons (Fsp3) is 0. The van der Waals surface area contributed by atoms with E-state index in [-0.39, 0.29) is 0 Å². The third-order valence-electron chi connectivity index (χ3n) is 2.90. The number of benzene rings is 2. The second kappa shape index (κ2) is 6.45. The van der Waals surface area contributed by atoms with Crippen LogP contribution in [0.3, 0.4) is 0 Å². The minimum absolute atomic E-state index is 0.304. The molecule has 3 aromatic rings. The lowest BCUT2D eigenvalue weighted by Crippen LogP contribution is -2.12. The summed E-state index contributed by atoms with van der Waals surface area (Å²) in [6, 6.07) is 19.0. The van der Waals surface area contributed by atoms with Gasteiger partial charge in [0.2, 0.25) is 5.88 Å². The summed E-state index contributed by atoms with van der Waals surface area (Å²) in [7, 11) is 0. The summed E-state index contributed by atoms with van der Waals surface area (Å²) in [5, 5.41) is 0. The molecule has 0 radical (unpaired) electrons. The Kier molecular flexibility index (Phi) is 4.01. The topological polar surface area (TPSA) is 85.1 Å². The van der Waals surface area contributed by atoms with Crippen molar-refractivity contribution in [2.24, 2.45) is 0 Å². The van der Waals surface area contributed by atoms with E-state index in [2.05, 4.69) is 20.8 Å². The molecule has 0 atom stereocenters. The average molecular weight is 293 g/mol. The summed E-state index contributed by atoms with van der Waals surface area (Å²) < 4.78 is 5.66. The van der Waals surface area contributed by atoms with Gasteiger partial charge < -0.3 is 10.5 Å². The normalized spacial score (nSPS) is 10.0. The molecule has 0 saturated carbocycles. The number of anilines is 3. The van der Waals surface area contributed by atoms with Gasteiger partial charge in [-0.15, -0.1) is 0 Å². The van der Waals surface area contributed by atoms with Crippen molar-refractivity contribution in [2.75, 3.05) is 16.6 Å². The lowest BCUT2D eigenvalue weighted by Gasteiger charge is -2.13. The number of nitrogens with one attached hydrogen (secondary N) is 2. The summed E-state index contributed by atoms with van der Waals surface area (Å²) >= 11 is 0. The van der Waals surface area contributed by atoms with Gasteiger partial charge in [0.15, 0.2) is 5.82 Å². The molecule has 1 aromatic heterocycles. The molecule has 1 heterocycles. The summed E-state index contributed by atoms with van der Waals surface area (Å²) in [4.78, 5) is 8.17. The first-order valence-electron chi connectivity index (χ1n) is 6.73. The Bertz CT molecular complexity index is 734. The van der Waals surface area contributed by atoms with Crippen LogP contribution in [0, 0.1) is 0 Å². The van der Waals surface area contributed by atoms with Crippen LogP contribution in [-0.2, 0) is 0 Å². The minimum atomic E-state index is 0.304. The number of hydrazine groups is 1. The summed E-state index contributed by atoms with van der Waals surface area (Å²) in [5.74, 6) is 1.42. The Labute approximate surface area is 128 Å². The SMILES string of the molecule is Nc1c(NNc2ccccc2)ncnc1Oc1ccccc1. The Hall–Kier alpha value is -3.28. The van der Waals surface area contributed by atoms with E-state index in [1.807, 2.05) is 60.7 Å². The van der Waals surface area contributed by atoms with Crippen LogP contribution < -0.4 is 21.3 Å². The van der Waals surface area contributed by atoms with Gasteiger partial charge in [0.1, 0.15) is 17.8 Å². The number of ether oxygens (including phenoxy) is 1. The van der Waals surface area contributed by atoms with Gasteiger partial charge in [0.25, 0.3) is 0 Å². The van der Waals surface area contributed by atoms with Crippen molar-refractivity contribution in [3.63, 3.8) is 0 Å². The summed E-state index contributed by atoms with van der Waals surface area (Å²) in [6.45, 7) is 0. The first-order valence-corrected chi connectivity index (χ1v) is 6.73. The zero-order valence-electron chi connectivity index (χ0n) is 11.7. The number of aromatic nitrogens is 2. The number of nitrogen functional groups attached to an aromatic ring is 1. The predicted molar refractivity (Wildman–Crippen MR) is 86.6 cm³/mol. The van der Waals surface area contributed by atoms with Gasteiger partial charge in [0.05, 0.1) is 5.69 Å². The molecule has 6 nitrogen and oxygen atoms in total. The molecule has 6 heteroatoms. The van der Waals surface area contributed by atoms with E-state index < -0.39 is 0 Å². The predicted octanol–water partition coefficient (Wildman–Crippen LogP) is 3.29. The highest BCUT2D eigenvalue weighted by atomic mass is 16.5. The molecular weight excluding hydrogens is 278 g/mol. The van der Waals surface area contributed by atoms with E-state index in [1.165, 1.54) is 6.33 Å². The van der Waals surface area contributed by atoms with Gasteiger partial charge in [-0.3, -0.25) is 10.9 Å². The lowest BCUT2D eigenvalue weighted by atomic mass is 10.3. The smallest absolute Gasteiger partial charge is 0.248 e. The molecule has 0 bridgehead atoms. The summed E-state index contributed by atoms with van der Waals surface area (Å²) in [5.41, 5.74) is 13.2. The van der Waals surface area contributed by atoms with Crippen molar-refractivity contribution < 1.29 is 4.74 Å². The van der Waals surface area contributed by atoms with Gasteiger partial charge in [-0.25, -0.2) is 4.98 Å². The molecule has 0 aliphatic heterocycles. The molecule has 0 aliphatic carbocycles. The quantitative estimate of drug-likeness (QED) is 0.626. The van der Waals surface area contributed by atoms with Crippen LogP contribution in [0.4, 0.5) is 17.2 Å². The number of rotatable bonds is 5. The van der Waals surface area contributed by atoms with Crippen LogP contribution in [0.2, 0.25) is 0 Å². The molecular formula is C16H15N5O. The molecule has 3 rings (SSSR count). The Morgan fingerprint density at radius 3 is 2.23 bits per heavy atom. The third kappa shape index (κ3) is 3.24. The first-order chi connectivity index (χ1) is 10.8. The van der Waals surface area contributed by atoms with Gasteiger partial charge in [0, 0.05) is 0 Å². The Morgan fingerprint density at radius 1 is 0.818 bits per heavy atom. The molecule has 0 saturated heterocycles. The maximum atomic E-state index is 6.04. The maximum Gasteiger partial charge on any atom is 0.248 e. The number of para-hydroxylation sites is 2. The molecule has 2 aromatic carbocycles. The molecule has 0 aliphatic rings. The third-order valence-corrected chi connectivity index (χ3v) is 2.90. The maximum absolute atomic E-state index is 6.04. The highest BCUT2D eigenvalue weighted by Gasteiger charge is 2.09. The number of nitrogens with two attached hydrogens (primary N) is 1. The van der Waals surface area contributed by atoms with E-state index in [0.717, 1.165) is 5.69 Å². The highest BCUT2D eigenvalue weighted by Crippen LogP contribution is 2.28. The molecule has 0 amide bonds. The van der Waals surface area contributed by atoms with E-state index in [0.29, 0.717) is 23.1 Å². The van der Waals surface area contributed by atoms with Crippen LogP contribution in [-0.4, -0.2) is 9.97 Å². The largest absolute Gasteiger partial charge is 0.437 e. The number of hydrogen-bond donors (Lipinski definition) is 3. The van der Waals surface area contributed by atoms with Crippen LogP contribution >= 0.6 is 0 Å². The van der Waals surface area contributed by atoms with E-state index in [9.17, 15) is 0 Å². The van der Waals surface area contributed by atoms with Gasteiger partial charge in [-0.05, 0) is 24.3 Å². The van der Waals surface area contributed by atoms with Crippen molar-refractivity contribution >= 4 is 17.2 Å². The van der Waals surface area contributed by atoms with Crippen molar-refractivity contribution in [3.05, 3.63) is 67.0 Å². The number of hydrogen-bond acceptors (Lipinski definition) is 6. The van der Waals surface area contributed by atoms with Crippen LogP contribution in [0.25, 0.3) is 0 Å². The van der Waals surface area contributed by atoms with Crippen LogP contribution in [0.15, 0.2) is 67.0 Å². The fourth-order valence-electron chi connectivity index (χ4n) is 1.81. The zero-order valence-corrected chi connectivity index (χ0v) is 11.7. The fourth-order valence-corrected chi connectivity index (χ4v) is 1.81. The second-order valence-corrected chi connectivity index (χ2v) is 4.47. The molecule has 4 N–H and O–H groups in total. The molecule has 0 fully saturated rings. The lowest BCUT2D eigenvalue weighted by molar-refractivity contribution is 0.464. The van der Waals surface area contributed by atoms with Gasteiger partial charge in [-0.2, -0.15) is 4.98 Å². The second-order valence-electron chi connectivity index (χ2n) is 4.47. The van der Waals surface area contributed by atoms with Crippen molar-refractivity contribution in [2.45, 2.75) is 0 Å². The first kappa shape index (κ1) is 13.7. The van der Waals surface area contributed by atoms with E-state index in [1.54, 1.807) is 0 Å². The van der Waals surface area contributed by atoms with E-state index in [4.69, 9.17) is 10.5 Å². The summed E-state index contributed by atoms with van der Waals surface area (Å²) in [6.07, 6.45) is 1.39. The molecule has 0 unspecified atom stereocenters. The molecule has 0 spiro atoms. The molecule has 22 heavy (non-hydrogen) atoms. The Balaban J connectivity index is 1.74. The van der Waals surface area contributed by atoms with Crippen molar-refractivity contribution in [3.8, 4) is 11.6 Å². The number of nitrogens with zero attached hydrogens (tertiary/aromatic N) is 2. The molecule has 110 valence electrons. The standard InChI is InChI=1S/C16H15N5O/c17-14-15(21-20-12-7-3-1-4-8-12)18-11-19-16(14)22-13-9-5-2-6-10-13/h1-11,20H,17H2,(H,18,19,21). The van der Waals surface area contributed by atoms with E-state index >= 15 is 0 Å². The minimum Gasteiger partial charge on any atom is -0.437 e. The van der Waals surface area contributed by atoms with Crippen LogP contribution in [0.5, 0.6) is 11.6 Å². The average Bonchev–Trinajstić information content (AvgIpc) is 2.58. The Morgan fingerprint density at radius 2 is 1.50 bits per heavy atom. The van der Waals surface area contributed by atoms with Gasteiger partial charge in [-0.1, -0.05) is 36.4 Å². The van der Waals surface area contributed by atoms with Gasteiger partial charge >= 0.3 is 0 Å². The van der Waals surface area contributed by atoms with Crippen LogP contribution in [0.1, 0.15) is 0 Å². The highest BCUT2D eigenvalue weighted by molar-refractivity contribution is 5.68. The monoisotopic (exact) mass is 293 g/mol. The zero-order chi connectivity index (χ0) is 15.2.